The van der Waals surface area contributed by atoms with Gasteiger partial charge >= 0.3 is 5.97 Å². The number of carbonyl (C=O) groups is 1. The van der Waals surface area contributed by atoms with Crippen molar-refractivity contribution in [3.05, 3.63) is 29.8 Å². The van der Waals surface area contributed by atoms with Crippen LogP contribution in [0.5, 0.6) is 11.5 Å². The van der Waals surface area contributed by atoms with Crippen LogP contribution >= 0.6 is 0 Å². The fourth-order valence-electron chi connectivity index (χ4n) is 1.86. The maximum absolute atomic E-state index is 11.2. The number of benzene rings is 1. The van der Waals surface area contributed by atoms with Crippen LogP contribution in [0.25, 0.3) is 6.08 Å². The van der Waals surface area contributed by atoms with Gasteiger partial charge in [-0.3, -0.25) is 4.79 Å². The molecular formula is C19H30O4Si. The van der Waals surface area contributed by atoms with Crippen LogP contribution in [0.15, 0.2) is 24.3 Å². The second-order valence-corrected chi connectivity index (χ2v) is 12.0. The molecule has 0 bridgehead atoms. The molecule has 1 rings (SSSR count). The lowest BCUT2D eigenvalue weighted by Crippen LogP contribution is -2.44. The summed E-state index contributed by atoms with van der Waals surface area (Å²) in [6.45, 7) is 11.1. The average Bonchev–Trinajstić information content (AvgIpc) is 2.50. The molecule has 0 atom stereocenters. The van der Waals surface area contributed by atoms with Gasteiger partial charge in [-0.25, -0.2) is 0 Å². The van der Waals surface area contributed by atoms with Crippen molar-refractivity contribution >= 4 is 20.4 Å². The van der Waals surface area contributed by atoms with Crippen LogP contribution in [0.4, 0.5) is 0 Å². The number of esters is 1. The first-order valence-electron chi connectivity index (χ1n) is 8.21. The molecule has 0 N–H and O–H groups in total. The first-order valence-corrected chi connectivity index (χ1v) is 11.1. The Bertz CT molecular complexity index is 586. The Morgan fingerprint density at radius 2 is 1.88 bits per heavy atom. The predicted molar refractivity (Wildman–Crippen MR) is 101 cm³/mol. The molecule has 0 aliphatic carbocycles. The molecule has 5 heteroatoms. The zero-order valence-electron chi connectivity index (χ0n) is 15.9. The molecule has 0 radical (unpaired) electrons. The molecule has 1 aromatic rings. The second kappa shape index (κ2) is 8.38. The van der Waals surface area contributed by atoms with E-state index in [2.05, 4.69) is 38.6 Å². The first kappa shape index (κ1) is 20.3. The van der Waals surface area contributed by atoms with Crippen molar-refractivity contribution in [3.8, 4) is 11.5 Å². The molecule has 0 saturated carbocycles. The van der Waals surface area contributed by atoms with Crippen LogP contribution in [0.3, 0.4) is 0 Å². The molecule has 0 aromatic heterocycles. The second-order valence-electron chi connectivity index (χ2n) is 7.26. The Labute approximate surface area is 146 Å². The summed E-state index contributed by atoms with van der Waals surface area (Å²) in [7, 11) is 1.07. The smallest absolute Gasteiger partial charge is 0.305 e. The third kappa shape index (κ3) is 5.41. The van der Waals surface area contributed by atoms with Gasteiger partial charge in [0.25, 0.3) is 8.32 Å². The van der Waals surface area contributed by atoms with Gasteiger partial charge in [-0.1, -0.05) is 45.1 Å². The zero-order chi connectivity index (χ0) is 18.4. The van der Waals surface area contributed by atoms with E-state index < -0.39 is 8.32 Å². The number of para-hydroxylation sites is 1. The zero-order valence-corrected chi connectivity index (χ0v) is 16.9. The summed E-state index contributed by atoms with van der Waals surface area (Å²) >= 11 is 0. The third-order valence-corrected chi connectivity index (χ3v) is 8.76. The van der Waals surface area contributed by atoms with E-state index in [9.17, 15) is 4.79 Å². The van der Waals surface area contributed by atoms with Gasteiger partial charge in [0.2, 0.25) is 0 Å². The molecule has 4 nitrogen and oxygen atoms in total. The highest BCUT2D eigenvalue weighted by Gasteiger charge is 2.39. The van der Waals surface area contributed by atoms with Gasteiger partial charge < -0.3 is 13.9 Å². The molecule has 0 aliphatic rings. The monoisotopic (exact) mass is 350 g/mol. The molecule has 1 aromatic carbocycles. The van der Waals surface area contributed by atoms with Crippen molar-refractivity contribution in [2.24, 2.45) is 0 Å². The number of ether oxygens (including phenoxy) is 2. The standard InChI is InChI=1S/C19H30O4Si/c1-19(2,3)24(6,7)23-18-15(12-10-13-16(18)21-4)11-8-9-14-17(20)22-5/h8,10-13H,9,14H2,1-7H3/b11-8+. The maximum Gasteiger partial charge on any atom is 0.305 e. The van der Waals surface area contributed by atoms with Crippen LogP contribution < -0.4 is 9.16 Å². The summed E-state index contributed by atoms with van der Waals surface area (Å²) in [6.07, 6.45) is 4.94. The highest BCUT2D eigenvalue weighted by atomic mass is 28.4. The minimum absolute atomic E-state index is 0.0969. The minimum Gasteiger partial charge on any atom is -0.541 e. The number of hydrogen-bond donors (Lipinski definition) is 0. The normalized spacial score (nSPS) is 12.3. The molecule has 134 valence electrons. The highest BCUT2D eigenvalue weighted by molar-refractivity contribution is 6.74. The van der Waals surface area contributed by atoms with Gasteiger partial charge in [-0.05, 0) is 30.6 Å². The van der Waals surface area contributed by atoms with Gasteiger partial charge in [0.15, 0.2) is 11.5 Å². The Morgan fingerprint density at radius 3 is 2.42 bits per heavy atom. The van der Waals surface area contributed by atoms with E-state index in [1.807, 2.05) is 30.4 Å². The Hall–Kier alpha value is -1.75. The van der Waals surface area contributed by atoms with Gasteiger partial charge in [0.05, 0.1) is 14.2 Å². The number of methoxy groups -OCH3 is 2. The molecule has 0 spiro atoms. The van der Waals surface area contributed by atoms with E-state index >= 15 is 0 Å². The van der Waals surface area contributed by atoms with E-state index in [0.717, 1.165) is 17.1 Å². The number of hydrogen-bond acceptors (Lipinski definition) is 4. The van der Waals surface area contributed by atoms with Crippen LogP contribution in [-0.4, -0.2) is 28.5 Å². The number of allylic oxidation sites excluding steroid dienone is 1. The van der Waals surface area contributed by atoms with Gasteiger partial charge in [-0.15, -0.1) is 0 Å². The Morgan fingerprint density at radius 1 is 1.21 bits per heavy atom. The minimum atomic E-state index is -1.98. The van der Waals surface area contributed by atoms with E-state index in [4.69, 9.17) is 9.16 Å². The summed E-state index contributed by atoms with van der Waals surface area (Å²) in [4.78, 5) is 11.2. The summed E-state index contributed by atoms with van der Waals surface area (Å²) < 4.78 is 16.6. The molecule has 0 aliphatic heterocycles. The molecule has 0 fully saturated rings. The lowest BCUT2D eigenvalue weighted by Gasteiger charge is -2.37. The fraction of sp³-hybridized carbons (Fsp3) is 0.526. The quantitative estimate of drug-likeness (QED) is 0.510. The van der Waals surface area contributed by atoms with Crippen molar-refractivity contribution < 1.29 is 18.7 Å². The predicted octanol–water partition coefficient (Wildman–Crippen LogP) is 5.05. The third-order valence-electron chi connectivity index (χ3n) is 4.43. The average molecular weight is 351 g/mol. The SMILES string of the molecule is COC(=O)CC/C=C/c1cccc(OC)c1O[Si](C)(C)C(C)(C)C. The topological polar surface area (TPSA) is 44.8 Å². The fourth-order valence-corrected chi connectivity index (χ4v) is 2.89. The molecule has 0 heterocycles. The van der Waals surface area contributed by atoms with Gasteiger partial charge in [0, 0.05) is 12.0 Å². The summed E-state index contributed by atoms with van der Waals surface area (Å²) in [5.41, 5.74) is 0.962. The molecule has 24 heavy (non-hydrogen) atoms. The van der Waals surface area contributed by atoms with Crippen LogP contribution in [0, 0.1) is 0 Å². The van der Waals surface area contributed by atoms with Crippen LogP contribution in [0.2, 0.25) is 18.1 Å². The van der Waals surface area contributed by atoms with E-state index in [0.29, 0.717) is 12.8 Å². The Balaban J connectivity index is 3.05. The summed E-state index contributed by atoms with van der Waals surface area (Å²) in [5.74, 6) is 1.30. The van der Waals surface area contributed by atoms with E-state index in [1.165, 1.54) is 7.11 Å². The molecular weight excluding hydrogens is 320 g/mol. The van der Waals surface area contributed by atoms with Gasteiger partial charge in [0.1, 0.15) is 0 Å². The Kier molecular flexibility index (Phi) is 7.08. The van der Waals surface area contributed by atoms with Crippen molar-refractivity contribution in [2.45, 2.75) is 51.7 Å². The van der Waals surface area contributed by atoms with Crippen molar-refractivity contribution in [3.63, 3.8) is 0 Å². The summed E-state index contributed by atoms with van der Waals surface area (Å²) in [6, 6.07) is 5.85. The number of rotatable bonds is 7. The van der Waals surface area contributed by atoms with Crippen molar-refractivity contribution in [2.75, 3.05) is 14.2 Å². The largest absolute Gasteiger partial charge is 0.541 e. The summed E-state index contributed by atoms with van der Waals surface area (Å²) in [5, 5.41) is 0.0969. The maximum atomic E-state index is 11.2. The first-order chi connectivity index (χ1) is 11.1. The lowest BCUT2D eigenvalue weighted by molar-refractivity contribution is -0.140. The van der Waals surface area contributed by atoms with Crippen LogP contribution in [-0.2, 0) is 9.53 Å². The van der Waals surface area contributed by atoms with E-state index in [-0.39, 0.29) is 11.0 Å². The molecule has 0 saturated heterocycles. The van der Waals surface area contributed by atoms with Gasteiger partial charge in [-0.2, -0.15) is 0 Å². The van der Waals surface area contributed by atoms with Crippen LogP contribution in [0.1, 0.15) is 39.2 Å². The van der Waals surface area contributed by atoms with Crippen molar-refractivity contribution in [1.29, 1.82) is 0 Å². The number of carbonyl (C=O) groups excluding carboxylic acids is 1. The lowest BCUT2D eigenvalue weighted by atomic mass is 10.1. The van der Waals surface area contributed by atoms with Crippen molar-refractivity contribution in [1.82, 2.24) is 0 Å². The molecule has 0 amide bonds. The highest BCUT2D eigenvalue weighted by Crippen LogP contribution is 2.41. The van der Waals surface area contributed by atoms with E-state index in [1.54, 1.807) is 7.11 Å². The molecule has 0 unspecified atom stereocenters.